The maximum absolute atomic E-state index is 10.1. The minimum atomic E-state index is -0.359. The SMILES string of the molecule is C=CC(=O)OCC.Oc1ccc(O)cc1. The summed E-state index contributed by atoms with van der Waals surface area (Å²) in [6.45, 7) is 5.38. The van der Waals surface area contributed by atoms with Crippen molar-refractivity contribution in [1.82, 2.24) is 0 Å². The van der Waals surface area contributed by atoms with E-state index >= 15 is 0 Å². The quantitative estimate of drug-likeness (QED) is 0.444. The number of hydrogen-bond acceptors (Lipinski definition) is 4. The fourth-order valence-corrected chi connectivity index (χ4v) is 0.654. The molecule has 0 radical (unpaired) electrons. The number of aromatic hydroxyl groups is 2. The van der Waals surface area contributed by atoms with Crippen LogP contribution < -0.4 is 0 Å². The van der Waals surface area contributed by atoms with Crippen LogP contribution in [0.2, 0.25) is 0 Å². The van der Waals surface area contributed by atoms with Gasteiger partial charge in [-0.05, 0) is 31.2 Å². The summed E-state index contributed by atoms with van der Waals surface area (Å²) >= 11 is 0. The molecule has 15 heavy (non-hydrogen) atoms. The van der Waals surface area contributed by atoms with Gasteiger partial charge in [-0.15, -0.1) is 0 Å². The third kappa shape index (κ3) is 7.13. The summed E-state index contributed by atoms with van der Waals surface area (Å²) in [6.07, 6.45) is 1.14. The first-order valence-electron chi connectivity index (χ1n) is 4.37. The summed E-state index contributed by atoms with van der Waals surface area (Å²) in [4.78, 5) is 10.1. The molecule has 0 aliphatic carbocycles. The molecular weight excluding hydrogens is 196 g/mol. The number of phenols is 2. The Bertz CT molecular complexity index is 282. The van der Waals surface area contributed by atoms with Crippen LogP contribution in [0.3, 0.4) is 0 Å². The van der Waals surface area contributed by atoms with Crippen molar-refractivity contribution in [2.75, 3.05) is 6.61 Å². The maximum Gasteiger partial charge on any atom is 0.330 e. The number of rotatable bonds is 2. The van der Waals surface area contributed by atoms with Gasteiger partial charge in [0.25, 0.3) is 0 Å². The Hall–Kier alpha value is -1.97. The smallest absolute Gasteiger partial charge is 0.330 e. The van der Waals surface area contributed by atoms with E-state index in [9.17, 15) is 4.79 Å². The Kier molecular flexibility index (Phi) is 6.46. The van der Waals surface area contributed by atoms with Crippen LogP contribution in [-0.2, 0) is 9.53 Å². The van der Waals surface area contributed by atoms with Crippen LogP contribution in [0.15, 0.2) is 36.9 Å². The molecule has 0 bridgehead atoms. The second-order valence-electron chi connectivity index (χ2n) is 2.47. The molecule has 82 valence electrons. The van der Waals surface area contributed by atoms with Gasteiger partial charge in [-0.2, -0.15) is 0 Å². The molecule has 1 aromatic rings. The largest absolute Gasteiger partial charge is 0.508 e. The lowest BCUT2D eigenvalue weighted by Crippen LogP contribution is -1.97. The number of carbonyl (C=O) groups excluding carboxylic acids is 1. The third-order valence-corrected chi connectivity index (χ3v) is 1.30. The van der Waals surface area contributed by atoms with Crippen LogP contribution in [0.25, 0.3) is 0 Å². The Balaban J connectivity index is 0.000000265. The molecule has 0 spiro atoms. The van der Waals surface area contributed by atoms with Crippen molar-refractivity contribution in [3.63, 3.8) is 0 Å². The second kappa shape index (κ2) is 7.44. The molecule has 0 heterocycles. The normalized spacial score (nSPS) is 8.33. The first-order chi connectivity index (χ1) is 7.10. The Morgan fingerprint density at radius 3 is 1.93 bits per heavy atom. The van der Waals surface area contributed by atoms with Gasteiger partial charge in [-0.1, -0.05) is 6.58 Å². The molecule has 0 saturated carbocycles. The number of benzene rings is 1. The number of carbonyl (C=O) groups is 1. The van der Waals surface area contributed by atoms with E-state index < -0.39 is 0 Å². The lowest BCUT2D eigenvalue weighted by molar-refractivity contribution is -0.137. The van der Waals surface area contributed by atoms with E-state index in [2.05, 4.69) is 11.3 Å². The van der Waals surface area contributed by atoms with Crippen molar-refractivity contribution in [1.29, 1.82) is 0 Å². The summed E-state index contributed by atoms with van der Waals surface area (Å²) in [6, 6.07) is 5.70. The summed E-state index contributed by atoms with van der Waals surface area (Å²) < 4.78 is 4.43. The van der Waals surface area contributed by atoms with Gasteiger partial charge in [0.15, 0.2) is 0 Å². The van der Waals surface area contributed by atoms with Crippen molar-refractivity contribution in [3.05, 3.63) is 36.9 Å². The van der Waals surface area contributed by atoms with Crippen molar-refractivity contribution >= 4 is 5.97 Å². The Morgan fingerprint density at radius 1 is 1.33 bits per heavy atom. The highest BCUT2D eigenvalue weighted by Gasteiger charge is 1.86. The van der Waals surface area contributed by atoms with E-state index in [1.54, 1.807) is 6.92 Å². The minimum absolute atomic E-state index is 0.169. The number of esters is 1. The zero-order valence-corrected chi connectivity index (χ0v) is 8.51. The summed E-state index contributed by atoms with van der Waals surface area (Å²) in [5.74, 6) is -0.0203. The zero-order chi connectivity index (χ0) is 11.7. The lowest BCUT2D eigenvalue weighted by Gasteiger charge is -1.90. The molecule has 0 fully saturated rings. The minimum Gasteiger partial charge on any atom is -0.508 e. The average Bonchev–Trinajstić information content (AvgIpc) is 2.24. The van der Waals surface area contributed by atoms with E-state index in [-0.39, 0.29) is 17.5 Å². The highest BCUT2D eigenvalue weighted by Crippen LogP contribution is 2.13. The molecule has 0 aliphatic heterocycles. The summed E-state index contributed by atoms with van der Waals surface area (Å²) in [5.41, 5.74) is 0. The van der Waals surface area contributed by atoms with Crippen LogP contribution in [0, 0.1) is 0 Å². The molecule has 0 atom stereocenters. The standard InChI is InChI=1S/C6H6O2.C5H8O2/c7-5-1-2-6(8)4-3-5;1-3-5(6)7-4-2/h1-4,7-8H;3H,1,4H2,2H3. The van der Waals surface area contributed by atoms with Crippen LogP contribution in [-0.4, -0.2) is 22.8 Å². The molecule has 0 amide bonds. The van der Waals surface area contributed by atoms with Crippen molar-refractivity contribution in [2.24, 2.45) is 0 Å². The molecule has 0 unspecified atom stereocenters. The molecule has 0 aliphatic rings. The van der Waals surface area contributed by atoms with E-state index in [0.29, 0.717) is 6.61 Å². The topological polar surface area (TPSA) is 66.8 Å². The van der Waals surface area contributed by atoms with Crippen molar-refractivity contribution in [3.8, 4) is 11.5 Å². The molecule has 4 nitrogen and oxygen atoms in total. The van der Waals surface area contributed by atoms with E-state index in [4.69, 9.17) is 10.2 Å². The second-order valence-corrected chi connectivity index (χ2v) is 2.47. The molecular formula is C11H14O4. The monoisotopic (exact) mass is 210 g/mol. The van der Waals surface area contributed by atoms with Gasteiger partial charge in [-0.25, -0.2) is 4.79 Å². The van der Waals surface area contributed by atoms with Crippen LogP contribution in [0.1, 0.15) is 6.92 Å². The van der Waals surface area contributed by atoms with Gasteiger partial charge < -0.3 is 14.9 Å². The fourth-order valence-electron chi connectivity index (χ4n) is 0.654. The maximum atomic E-state index is 10.1. The van der Waals surface area contributed by atoms with Gasteiger partial charge in [0, 0.05) is 6.08 Å². The third-order valence-electron chi connectivity index (χ3n) is 1.30. The van der Waals surface area contributed by atoms with E-state index in [1.165, 1.54) is 24.3 Å². The first-order valence-corrected chi connectivity index (χ1v) is 4.37. The van der Waals surface area contributed by atoms with E-state index in [0.717, 1.165) is 6.08 Å². The lowest BCUT2D eigenvalue weighted by atomic mass is 10.3. The van der Waals surface area contributed by atoms with Gasteiger partial charge in [0.05, 0.1) is 6.61 Å². The molecule has 1 aromatic carbocycles. The van der Waals surface area contributed by atoms with Gasteiger partial charge >= 0.3 is 5.97 Å². The predicted octanol–water partition coefficient (Wildman–Crippen LogP) is 1.83. The predicted molar refractivity (Wildman–Crippen MR) is 56.6 cm³/mol. The highest BCUT2D eigenvalue weighted by molar-refractivity contribution is 5.81. The average molecular weight is 210 g/mol. The van der Waals surface area contributed by atoms with Crippen LogP contribution in [0.4, 0.5) is 0 Å². The first kappa shape index (κ1) is 13.0. The molecule has 4 heteroatoms. The van der Waals surface area contributed by atoms with Gasteiger partial charge in [0.1, 0.15) is 11.5 Å². The van der Waals surface area contributed by atoms with Gasteiger partial charge in [0.2, 0.25) is 0 Å². The Morgan fingerprint density at radius 2 is 1.73 bits per heavy atom. The van der Waals surface area contributed by atoms with Crippen LogP contribution in [0.5, 0.6) is 11.5 Å². The Labute approximate surface area is 88.4 Å². The highest BCUT2D eigenvalue weighted by atomic mass is 16.5. The molecule has 1 rings (SSSR count). The van der Waals surface area contributed by atoms with E-state index in [1.807, 2.05) is 0 Å². The molecule has 0 aromatic heterocycles. The van der Waals surface area contributed by atoms with Gasteiger partial charge in [-0.3, -0.25) is 0 Å². The summed E-state index contributed by atoms with van der Waals surface area (Å²) in [5, 5.41) is 17.3. The fraction of sp³-hybridized carbons (Fsp3) is 0.182. The number of ether oxygens (including phenoxy) is 1. The molecule has 2 N–H and O–H groups in total. The summed E-state index contributed by atoms with van der Waals surface area (Å²) in [7, 11) is 0. The molecule has 0 saturated heterocycles. The number of phenolic OH excluding ortho intramolecular Hbond substituents is 2. The van der Waals surface area contributed by atoms with Crippen LogP contribution >= 0.6 is 0 Å². The van der Waals surface area contributed by atoms with Crippen molar-refractivity contribution < 1.29 is 19.7 Å². The van der Waals surface area contributed by atoms with Crippen molar-refractivity contribution in [2.45, 2.75) is 6.92 Å². The zero-order valence-electron chi connectivity index (χ0n) is 8.51. The number of hydrogen-bond donors (Lipinski definition) is 2.